The van der Waals surface area contributed by atoms with Crippen LogP contribution in [0.4, 0.5) is 0 Å². The average Bonchev–Trinajstić information content (AvgIpc) is 3.94. The highest BCUT2D eigenvalue weighted by Gasteiger charge is 2.24. The smallest absolute Gasteiger partial charge is 0.164 e. The molecule has 0 aliphatic rings. The Morgan fingerprint density at radius 2 is 0.800 bits per heavy atom. The fraction of sp³-hybridized carbons (Fsp3) is 0. The second kappa shape index (κ2) is 15.0. The van der Waals surface area contributed by atoms with Crippen molar-refractivity contribution in [1.29, 1.82) is 0 Å². The van der Waals surface area contributed by atoms with Crippen molar-refractivity contribution in [1.82, 2.24) is 24.1 Å². The molecule has 15 aromatic rings. The predicted molar refractivity (Wildman–Crippen MR) is 292 cm³/mol. The number of fused-ring (bicyclic) bond motifs is 13. The van der Waals surface area contributed by atoms with Crippen LogP contribution >= 0.6 is 0 Å². The molecule has 3 heterocycles. The molecule has 12 aromatic carbocycles. The second-order valence-corrected chi connectivity index (χ2v) is 18.3. The Morgan fingerprint density at radius 1 is 0.243 bits per heavy atom. The summed E-state index contributed by atoms with van der Waals surface area (Å²) >= 11 is 0. The first kappa shape index (κ1) is 38.6. The van der Waals surface area contributed by atoms with Gasteiger partial charge in [-0.25, -0.2) is 15.0 Å². The third-order valence-electron chi connectivity index (χ3n) is 14.5. The van der Waals surface area contributed by atoms with E-state index in [1.165, 1.54) is 64.9 Å². The van der Waals surface area contributed by atoms with Crippen LogP contribution in [0.3, 0.4) is 0 Å². The summed E-state index contributed by atoms with van der Waals surface area (Å²) in [5, 5.41) is 16.6. The van der Waals surface area contributed by atoms with Crippen LogP contribution in [0.2, 0.25) is 0 Å². The molecule has 324 valence electrons. The Labute approximate surface area is 401 Å². The van der Waals surface area contributed by atoms with Crippen molar-refractivity contribution in [3.8, 4) is 45.5 Å². The number of aromatic nitrogens is 5. The Bertz CT molecular complexity index is 4660. The molecule has 0 aliphatic carbocycles. The van der Waals surface area contributed by atoms with Gasteiger partial charge in [0.25, 0.3) is 0 Å². The SMILES string of the molecule is c1ccc(-c2nc(-c3ccc(-n4c5cc6ccccc6cc5c5c(-n6c7ccccc7c7c8ccccc8ccc76)cccc54)c4ccccc34)nc(-c3cc4ccccc4c4ccccc34)n2)cc1. The minimum absolute atomic E-state index is 0.623. The molecule has 0 spiro atoms. The summed E-state index contributed by atoms with van der Waals surface area (Å²) in [4.78, 5) is 15.9. The Morgan fingerprint density at radius 3 is 1.60 bits per heavy atom. The van der Waals surface area contributed by atoms with E-state index in [0.717, 1.165) is 60.6 Å². The summed E-state index contributed by atoms with van der Waals surface area (Å²) in [7, 11) is 0. The predicted octanol–water partition coefficient (Wildman–Crippen LogP) is 16.8. The minimum atomic E-state index is 0.623. The van der Waals surface area contributed by atoms with Gasteiger partial charge in [-0.15, -0.1) is 0 Å². The van der Waals surface area contributed by atoms with E-state index < -0.39 is 0 Å². The highest BCUT2D eigenvalue weighted by Crippen LogP contribution is 2.44. The lowest BCUT2D eigenvalue weighted by atomic mass is 9.96. The molecule has 0 atom stereocenters. The van der Waals surface area contributed by atoms with E-state index in [0.29, 0.717) is 17.5 Å². The van der Waals surface area contributed by atoms with E-state index in [2.05, 4.69) is 228 Å². The zero-order valence-corrected chi connectivity index (χ0v) is 37.8. The van der Waals surface area contributed by atoms with Crippen LogP contribution in [0.5, 0.6) is 0 Å². The summed E-state index contributed by atoms with van der Waals surface area (Å²) in [6.07, 6.45) is 0. The van der Waals surface area contributed by atoms with E-state index >= 15 is 0 Å². The first-order valence-electron chi connectivity index (χ1n) is 23.9. The average molecular weight is 890 g/mol. The van der Waals surface area contributed by atoms with Crippen molar-refractivity contribution >= 4 is 97.5 Å². The first-order chi connectivity index (χ1) is 34.7. The molecule has 5 heteroatoms. The van der Waals surface area contributed by atoms with Crippen LogP contribution < -0.4 is 0 Å². The van der Waals surface area contributed by atoms with E-state index in [-0.39, 0.29) is 0 Å². The van der Waals surface area contributed by atoms with E-state index in [1.807, 2.05) is 18.2 Å². The van der Waals surface area contributed by atoms with E-state index in [1.54, 1.807) is 0 Å². The molecular formula is C65H39N5. The number of rotatable bonds is 5. The van der Waals surface area contributed by atoms with Gasteiger partial charge in [-0.3, -0.25) is 0 Å². The van der Waals surface area contributed by atoms with Gasteiger partial charge in [0.1, 0.15) is 0 Å². The van der Waals surface area contributed by atoms with Crippen molar-refractivity contribution in [2.75, 3.05) is 0 Å². The molecule has 0 fully saturated rings. The zero-order chi connectivity index (χ0) is 45.9. The van der Waals surface area contributed by atoms with Crippen LogP contribution in [0.1, 0.15) is 0 Å². The maximum absolute atomic E-state index is 5.41. The summed E-state index contributed by atoms with van der Waals surface area (Å²) < 4.78 is 4.96. The summed E-state index contributed by atoms with van der Waals surface area (Å²) in [6, 6.07) is 85.2. The largest absolute Gasteiger partial charge is 0.309 e. The lowest BCUT2D eigenvalue weighted by molar-refractivity contribution is 1.08. The van der Waals surface area contributed by atoms with Crippen LogP contribution in [-0.4, -0.2) is 24.1 Å². The van der Waals surface area contributed by atoms with Gasteiger partial charge >= 0.3 is 0 Å². The molecule has 0 aliphatic heterocycles. The molecule has 0 amide bonds. The van der Waals surface area contributed by atoms with Gasteiger partial charge in [-0.2, -0.15) is 0 Å². The monoisotopic (exact) mass is 889 g/mol. The van der Waals surface area contributed by atoms with Crippen LogP contribution in [-0.2, 0) is 0 Å². The van der Waals surface area contributed by atoms with Gasteiger partial charge in [-0.05, 0) is 103 Å². The maximum atomic E-state index is 5.41. The van der Waals surface area contributed by atoms with E-state index in [4.69, 9.17) is 15.0 Å². The molecule has 0 saturated carbocycles. The van der Waals surface area contributed by atoms with Gasteiger partial charge in [0.2, 0.25) is 0 Å². The summed E-state index contributed by atoms with van der Waals surface area (Å²) in [5.41, 5.74) is 9.71. The van der Waals surface area contributed by atoms with Crippen LogP contribution in [0, 0.1) is 0 Å². The molecule has 0 N–H and O–H groups in total. The highest BCUT2D eigenvalue weighted by atomic mass is 15.0. The Balaban J connectivity index is 1.00. The second-order valence-electron chi connectivity index (χ2n) is 18.3. The molecule has 70 heavy (non-hydrogen) atoms. The highest BCUT2D eigenvalue weighted by molar-refractivity contribution is 6.24. The number of nitrogens with zero attached hydrogens (tertiary/aromatic N) is 5. The summed E-state index contributed by atoms with van der Waals surface area (Å²) in [6.45, 7) is 0. The topological polar surface area (TPSA) is 48.5 Å². The molecule has 0 bridgehead atoms. The van der Waals surface area contributed by atoms with Gasteiger partial charge in [0.05, 0.1) is 33.4 Å². The number of hydrogen-bond donors (Lipinski definition) is 0. The maximum Gasteiger partial charge on any atom is 0.164 e. The van der Waals surface area contributed by atoms with Crippen LogP contribution in [0.25, 0.3) is 143 Å². The van der Waals surface area contributed by atoms with Gasteiger partial charge in [-0.1, -0.05) is 182 Å². The Hall–Kier alpha value is -9.45. The van der Waals surface area contributed by atoms with Gasteiger partial charge in [0, 0.05) is 43.6 Å². The van der Waals surface area contributed by atoms with Gasteiger partial charge in [0.15, 0.2) is 17.5 Å². The molecule has 5 nitrogen and oxygen atoms in total. The fourth-order valence-electron chi connectivity index (χ4n) is 11.4. The van der Waals surface area contributed by atoms with Crippen molar-refractivity contribution in [2.24, 2.45) is 0 Å². The third-order valence-corrected chi connectivity index (χ3v) is 14.5. The summed E-state index contributed by atoms with van der Waals surface area (Å²) in [5.74, 6) is 1.89. The molecule has 15 rings (SSSR count). The quantitative estimate of drug-likeness (QED) is 0.162. The number of para-hydroxylation sites is 1. The standard InChI is InChI=1S/C65H39N5/c1-2-18-41(19-3-1)63-66-64(68-65(67-63)53-38-44-22-7-8-23-45(44)47-25-10-11-26-48(47)53)51-34-36-56(50-28-13-12-27-49(50)51)70-58-32-16-31-57(62(58)54-37-42-20-4-5-21-43(42)39-60(54)70)69-55-30-15-14-29-52(55)61-46-24-9-6-17-40(46)33-35-59(61)69/h1-39H. The molecule has 0 saturated heterocycles. The lowest BCUT2D eigenvalue weighted by Crippen LogP contribution is -2.02. The van der Waals surface area contributed by atoms with Gasteiger partial charge < -0.3 is 9.13 Å². The third kappa shape index (κ3) is 5.69. The van der Waals surface area contributed by atoms with Crippen molar-refractivity contribution in [3.63, 3.8) is 0 Å². The molecular weight excluding hydrogens is 851 g/mol. The van der Waals surface area contributed by atoms with Crippen molar-refractivity contribution < 1.29 is 0 Å². The Kier molecular flexibility index (Phi) is 8.29. The molecule has 3 aromatic heterocycles. The minimum Gasteiger partial charge on any atom is -0.309 e. The first-order valence-corrected chi connectivity index (χ1v) is 23.9. The molecule has 0 unspecified atom stereocenters. The normalized spacial score (nSPS) is 12.0. The van der Waals surface area contributed by atoms with E-state index in [9.17, 15) is 0 Å². The number of benzene rings is 12. The van der Waals surface area contributed by atoms with Crippen molar-refractivity contribution in [2.45, 2.75) is 0 Å². The fourth-order valence-corrected chi connectivity index (χ4v) is 11.4. The van der Waals surface area contributed by atoms with Crippen LogP contribution in [0.15, 0.2) is 237 Å². The van der Waals surface area contributed by atoms with Crippen molar-refractivity contribution in [3.05, 3.63) is 237 Å². The number of hydrogen-bond acceptors (Lipinski definition) is 3. The molecule has 0 radical (unpaired) electrons. The lowest BCUT2D eigenvalue weighted by Gasteiger charge is -2.16. The zero-order valence-electron chi connectivity index (χ0n) is 37.8.